The Labute approximate surface area is 116 Å². The van der Waals surface area contributed by atoms with Crippen LogP contribution in [0.1, 0.15) is 30.8 Å². The summed E-state index contributed by atoms with van der Waals surface area (Å²) in [5.41, 5.74) is -0.877. The normalized spacial score (nSPS) is 10.9. The Bertz CT molecular complexity index is 493. The summed E-state index contributed by atoms with van der Waals surface area (Å²) < 4.78 is 4.95. The van der Waals surface area contributed by atoms with Crippen LogP contribution in [0.25, 0.3) is 0 Å². The molecule has 0 unspecified atom stereocenters. The zero-order chi connectivity index (χ0) is 15.3. The van der Waals surface area contributed by atoms with E-state index >= 15 is 0 Å². The molecule has 7 heteroatoms. The second-order valence-electron chi connectivity index (χ2n) is 5.14. The van der Waals surface area contributed by atoms with E-state index in [1.54, 1.807) is 19.9 Å². The fourth-order valence-corrected chi connectivity index (χ4v) is 1.71. The van der Waals surface area contributed by atoms with Gasteiger partial charge in [-0.25, -0.2) is 0 Å². The largest absolute Gasteiger partial charge is 0.481 e. The van der Waals surface area contributed by atoms with Crippen LogP contribution in [-0.4, -0.2) is 46.9 Å². The molecule has 0 saturated carbocycles. The number of carbonyl (C=O) groups is 3. The van der Waals surface area contributed by atoms with E-state index in [9.17, 15) is 14.4 Å². The average molecular weight is 282 g/mol. The van der Waals surface area contributed by atoms with Crippen molar-refractivity contribution in [1.29, 1.82) is 0 Å². The van der Waals surface area contributed by atoms with Crippen molar-refractivity contribution in [3.05, 3.63) is 24.2 Å². The highest BCUT2D eigenvalue weighted by molar-refractivity contribution is 5.94. The first-order valence-electron chi connectivity index (χ1n) is 6.03. The zero-order valence-corrected chi connectivity index (χ0v) is 11.7. The third-order valence-electron chi connectivity index (χ3n) is 2.53. The molecule has 110 valence electrons. The van der Waals surface area contributed by atoms with Crippen molar-refractivity contribution in [2.75, 3.05) is 13.6 Å². The maximum absolute atomic E-state index is 11.8. The number of nitrogens with zero attached hydrogens (tertiary/aromatic N) is 1. The number of amides is 2. The van der Waals surface area contributed by atoms with E-state index in [1.165, 1.54) is 24.3 Å². The first-order chi connectivity index (χ1) is 9.21. The van der Waals surface area contributed by atoms with Crippen molar-refractivity contribution in [3.8, 4) is 0 Å². The molecule has 0 aliphatic rings. The number of furan rings is 1. The maximum Gasteiger partial charge on any atom is 0.305 e. The summed E-state index contributed by atoms with van der Waals surface area (Å²) in [5.74, 6) is -1.71. The summed E-state index contributed by atoms with van der Waals surface area (Å²) in [6.07, 6.45) is 1.17. The fourth-order valence-electron chi connectivity index (χ4n) is 1.71. The van der Waals surface area contributed by atoms with Gasteiger partial charge in [-0.05, 0) is 26.0 Å². The van der Waals surface area contributed by atoms with Gasteiger partial charge in [-0.3, -0.25) is 14.4 Å². The SMILES string of the molecule is CN(CC(=O)NC(C)(C)CC(=O)O)C(=O)c1ccco1. The molecular weight excluding hydrogens is 264 g/mol. The highest BCUT2D eigenvalue weighted by atomic mass is 16.4. The van der Waals surface area contributed by atoms with Gasteiger partial charge >= 0.3 is 5.97 Å². The molecule has 2 amide bonds. The molecule has 20 heavy (non-hydrogen) atoms. The van der Waals surface area contributed by atoms with Crippen molar-refractivity contribution >= 4 is 17.8 Å². The monoisotopic (exact) mass is 282 g/mol. The lowest BCUT2D eigenvalue weighted by molar-refractivity contribution is -0.138. The summed E-state index contributed by atoms with van der Waals surface area (Å²) in [6, 6.07) is 3.09. The fraction of sp³-hybridized carbons (Fsp3) is 0.462. The van der Waals surface area contributed by atoms with E-state index in [-0.39, 0.29) is 18.7 Å². The molecule has 1 rings (SSSR count). The predicted molar refractivity (Wildman–Crippen MR) is 70.1 cm³/mol. The van der Waals surface area contributed by atoms with Crippen LogP contribution in [-0.2, 0) is 9.59 Å². The molecule has 0 aliphatic carbocycles. The summed E-state index contributed by atoms with van der Waals surface area (Å²) in [6.45, 7) is 3.03. The van der Waals surface area contributed by atoms with Crippen LogP contribution in [0.3, 0.4) is 0 Å². The third kappa shape index (κ3) is 4.75. The van der Waals surface area contributed by atoms with E-state index in [1.807, 2.05) is 0 Å². The minimum Gasteiger partial charge on any atom is -0.481 e. The molecule has 0 aliphatic heterocycles. The van der Waals surface area contributed by atoms with Gasteiger partial charge in [0.25, 0.3) is 5.91 Å². The minimum absolute atomic E-state index is 0.144. The Balaban J connectivity index is 2.54. The van der Waals surface area contributed by atoms with Gasteiger partial charge in [0.2, 0.25) is 5.91 Å². The second kappa shape index (κ2) is 6.23. The van der Waals surface area contributed by atoms with Gasteiger partial charge in [0.05, 0.1) is 19.2 Å². The lowest BCUT2D eigenvalue weighted by Gasteiger charge is -2.25. The smallest absolute Gasteiger partial charge is 0.305 e. The van der Waals surface area contributed by atoms with Crippen LogP contribution >= 0.6 is 0 Å². The first kappa shape index (κ1) is 15.7. The number of likely N-dealkylation sites (N-methyl/N-ethyl adjacent to an activating group) is 1. The predicted octanol–water partition coefficient (Wildman–Crippen LogP) is 0.721. The van der Waals surface area contributed by atoms with Crippen molar-refractivity contribution in [1.82, 2.24) is 10.2 Å². The second-order valence-corrected chi connectivity index (χ2v) is 5.14. The molecule has 0 spiro atoms. The zero-order valence-electron chi connectivity index (χ0n) is 11.7. The van der Waals surface area contributed by atoms with Gasteiger partial charge in [0.15, 0.2) is 5.76 Å². The van der Waals surface area contributed by atoms with Crippen molar-refractivity contribution in [2.24, 2.45) is 0 Å². The van der Waals surface area contributed by atoms with E-state index < -0.39 is 23.3 Å². The van der Waals surface area contributed by atoms with Crippen LogP contribution in [0, 0.1) is 0 Å². The number of carbonyl (C=O) groups excluding carboxylic acids is 2. The maximum atomic E-state index is 11.8. The number of hydrogen-bond donors (Lipinski definition) is 2. The number of carboxylic acids is 1. The molecule has 0 aromatic carbocycles. The van der Waals surface area contributed by atoms with E-state index in [2.05, 4.69) is 5.32 Å². The van der Waals surface area contributed by atoms with Gasteiger partial charge in [0.1, 0.15) is 0 Å². The molecule has 0 fully saturated rings. The molecule has 0 radical (unpaired) electrons. The van der Waals surface area contributed by atoms with Crippen LogP contribution in [0.5, 0.6) is 0 Å². The van der Waals surface area contributed by atoms with Gasteiger partial charge in [-0.2, -0.15) is 0 Å². The average Bonchev–Trinajstić information content (AvgIpc) is 2.77. The molecule has 2 N–H and O–H groups in total. The lowest BCUT2D eigenvalue weighted by Crippen LogP contribution is -2.49. The topological polar surface area (TPSA) is 99.9 Å². The van der Waals surface area contributed by atoms with Gasteiger partial charge < -0.3 is 19.7 Å². The van der Waals surface area contributed by atoms with E-state index in [0.717, 1.165) is 0 Å². The molecule has 1 aromatic heterocycles. The third-order valence-corrected chi connectivity index (χ3v) is 2.53. The van der Waals surface area contributed by atoms with Crippen LogP contribution in [0.15, 0.2) is 22.8 Å². The van der Waals surface area contributed by atoms with Crippen molar-refractivity contribution in [2.45, 2.75) is 25.8 Å². The Morgan fingerprint density at radius 3 is 2.55 bits per heavy atom. The number of nitrogens with one attached hydrogen (secondary N) is 1. The van der Waals surface area contributed by atoms with Gasteiger partial charge in [-0.1, -0.05) is 0 Å². The van der Waals surface area contributed by atoms with E-state index in [0.29, 0.717) is 0 Å². The van der Waals surface area contributed by atoms with Crippen LogP contribution < -0.4 is 5.32 Å². The Morgan fingerprint density at radius 1 is 1.40 bits per heavy atom. The van der Waals surface area contributed by atoms with E-state index in [4.69, 9.17) is 9.52 Å². The summed E-state index contributed by atoms with van der Waals surface area (Å²) in [7, 11) is 1.47. The Morgan fingerprint density at radius 2 is 2.05 bits per heavy atom. The van der Waals surface area contributed by atoms with Crippen LogP contribution in [0.2, 0.25) is 0 Å². The van der Waals surface area contributed by atoms with Gasteiger partial charge in [-0.15, -0.1) is 0 Å². The molecular formula is C13H18N2O5. The number of rotatable bonds is 6. The summed E-state index contributed by atoms with van der Waals surface area (Å²) in [4.78, 5) is 35.5. The highest BCUT2D eigenvalue weighted by Crippen LogP contribution is 2.08. The lowest BCUT2D eigenvalue weighted by atomic mass is 10.0. The van der Waals surface area contributed by atoms with Crippen molar-refractivity contribution < 1.29 is 23.9 Å². The molecule has 0 saturated heterocycles. The molecule has 0 atom stereocenters. The number of aliphatic carboxylic acids is 1. The molecule has 7 nitrogen and oxygen atoms in total. The molecule has 1 heterocycles. The van der Waals surface area contributed by atoms with Crippen molar-refractivity contribution in [3.63, 3.8) is 0 Å². The highest BCUT2D eigenvalue weighted by Gasteiger charge is 2.25. The van der Waals surface area contributed by atoms with Gasteiger partial charge in [0, 0.05) is 12.6 Å². The Kier molecular flexibility index (Phi) is 4.90. The first-order valence-corrected chi connectivity index (χ1v) is 6.03. The Hall–Kier alpha value is -2.31. The van der Waals surface area contributed by atoms with Crippen LogP contribution in [0.4, 0.5) is 0 Å². The summed E-state index contributed by atoms with van der Waals surface area (Å²) in [5, 5.41) is 11.3. The minimum atomic E-state index is -1.00. The number of carboxylic acid groups (broad SMARTS) is 1. The summed E-state index contributed by atoms with van der Waals surface area (Å²) >= 11 is 0. The standard InChI is InChI=1S/C13H18N2O5/c1-13(2,7-11(17)18)14-10(16)8-15(3)12(19)9-5-4-6-20-9/h4-6H,7-8H2,1-3H3,(H,14,16)(H,17,18). The molecule has 0 bridgehead atoms. The quantitative estimate of drug-likeness (QED) is 0.801. The number of hydrogen-bond acceptors (Lipinski definition) is 4. The molecule has 1 aromatic rings.